The molecule has 0 N–H and O–H groups in total. The van der Waals surface area contributed by atoms with Gasteiger partial charge in [-0.05, 0) is 84.8 Å². The fraction of sp³-hybridized carbons (Fsp3) is 0.0741. The first kappa shape index (κ1) is 31.9. The van der Waals surface area contributed by atoms with Crippen LogP contribution in [0.1, 0.15) is 23.9 Å². The summed E-state index contributed by atoms with van der Waals surface area (Å²) in [5, 5.41) is 7.68. The van der Waals surface area contributed by atoms with Gasteiger partial charge >= 0.3 is 0 Å². The van der Waals surface area contributed by atoms with Crippen molar-refractivity contribution >= 4 is 76.8 Å². The number of benzene rings is 7. The van der Waals surface area contributed by atoms with Gasteiger partial charge in [0, 0.05) is 66.3 Å². The second-order valence-electron chi connectivity index (χ2n) is 16.0. The molecule has 4 heteroatoms. The Morgan fingerprint density at radius 1 is 0.414 bits per heavy atom. The number of nitrogens with zero attached hydrogens (tertiary/aromatic N) is 4. The van der Waals surface area contributed by atoms with Crippen molar-refractivity contribution in [3.63, 3.8) is 0 Å². The lowest BCUT2D eigenvalue weighted by Gasteiger charge is -2.29. The predicted molar refractivity (Wildman–Crippen MR) is 243 cm³/mol. The van der Waals surface area contributed by atoms with Crippen molar-refractivity contribution in [2.24, 2.45) is 0 Å². The van der Waals surface area contributed by atoms with Gasteiger partial charge in [-0.15, -0.1) is 0 Å². The number of fused-ring (bicyclic) bond motifs is 13. The highest BCUT2D eigenvalue weighted by Gasteiger charge is 2.40. The van der Waals surface area contributed by atoms with Gasteiger partial charge in [-0.3, -0.25) is 0 Å². The number of aromatic nitrogens is 3. The lowest BCUT2D eigenvalue weighted by atomic mass is 9.91. The molecule has 0 radical (unpaired) electrons. The maximum absolute atomic E-state index is 2.64. The van der Waals surface area contributed by atoms with Crippen LogP contribution >= 0.6 is 0 Å². The molecule has 58 heavy (non-hydrogen) atoms. The van der Waals surface area contributed by atoms with Crippen molar-refractivity contribution in [1.29, 1.82) is 0 Å². The number of allylic oxidation sites excluding steroid dienone is 6. The number of hydrogen-bond acceptors (Lipinski definition) is 1. The van der Waals surface area contributed by atoms with Crippen LogP contribution in [0.15, 0.2) is 200 Å². The average Bonchev–Trinajstić information content (AvgIpc) is 4.01. The van der Waals surface area contributed by atoms with Gasteiger partial charge in [0.25, 0.3) is 0 Å². The summed E-state index contributed by atoms with van der Waals surface area (Å²) in [6.45, 7) is 0. The molecule has 3 unspecified atom stereocenters. The summed E-state index contributed by atoms with van der Waals surface area (Å²) in [7, 11) is 0. The molecule has 274 valence electrons. The van der Waals surface area contributed by atoms with Crippen LogP contribution in [0.3, 0.4) is 0 Å². The number of rotatable bonds is 4. The zero-order chi connectivity index (χ0) is 37.9. The van der Waals surface area contributed by atoms with Crippen LogP contribution in [-0.2, 0) is 0 Å². The van der Waals surface area contributed by atoms with Gasteiger partial charge in [0.05, 0.1) is 39.8 Å². The van der Waals surface area contributed by atoms with Crippen molar-refractivity contribution in [2.45, 2.75) is 24.4 Å². The van der Waals surface area contributed by atoms with Gasteiger partial charge < -0.3 is 18.6 Å². The second kappa shape index (κ2) is 12.1. The van der Waals surface area contributed by atoms with E-state index in [4.69, 9.17) is 0 Å². The summed E-state index contributed by atoms with van der Waals surface area (Å²) < 4.78 is 7.43. The minimum Gasteiger partial charge on any atom is -0.333 e. The Morgan fingerprint density at radius 2 is 1.00 bits per heavy atom. The summed E-state index contributed by atoms with van der Waals surface area (Å²) in [6.07, 6.45) is 19.2. The molecule has 0 spiro atoms. The minimum absolute atomic E-state index is 0.172. The Hall–Kier alpha value is -7.30. The summed E-state index contributed by atoms with van der Waals surface area (Å²) in [4.78, 5) is 2.64. The van der Waals surface area contributed by atoms with E-state index < -0.39 is 0 Å². The zero-order valence-corrected chi connectivity index (χ0v) is 31.8. The fourth-order valence-corrected chi connectivity index (χ4v) is 10.7. The van der Waals surface area contributed by atoms with Crippen molar-refractivity contribution in [3.8, 4) is 11.4 Å². The minimum atomic E-state index is 0.172. The van der Waals surface area contributed by atoms with Crippen molar-refractivity contribution in [3.05, 3.63) is 206 Å². The van der Waals surface area contributed by atoms with Crippen LogP contribution in [0.4, 0.5) is 11.4 Å². The highest BCUT2D eigenvalue weighted by Crippen LogP contribution is 2.54. The van der Waals surface area contributed by atoms with Crippen molar-refractivity contribution in [2.75, 3.05) is 4.90 Å². The van der Waals surface area contributed by atoms with Crippen LogP contribution in [0.25, 0.3) is 76.8 Å². The number of para-hydroxylation sites is 4. The first-order valence-electron chi connectivity index (χ1n) is 20.5. The fourth-order valence-electron chi connectivity index (χ4n) is 10.7. The van der Waals surface area contributed by atoms with Gasteiger partial charge in [0.1, 0.15) is 0 Å². The van der Waals surface area contributed by atoms with E-state index >= 15 is 0 Å². The monoisotopic (exact) mass is 742 g/mol. The van der Waals surface area contributed by atoms with E-state index in [0.717, 1.165) is 12.1 Å². The van der Waals surface area contributed by atoms with Crippen molar-refractivity contribution < 1.29 is 0 Å². The molecule has 2 aliphatic carbocycles. The third kappa shape index (κ3) is 4.34. The third-order valence-corrected chi connectivity index (χ3v) is 13.0. The molecule has 4 heterocycles. The quantitative estimate of drug-likeness (QED) is 0.176. The normalized spacial score (nSPS) is 18.5. The molecule has 0 saturated carbocycles. The molecule has 0 bridgehead atoms. The molecule has 0 fully saturated rings. The molecule has 13 rings (SSSR count). The number of anilines is 2. The molecular formula is C54H38N4. The second-order valence-corrected chi connectivity index (χ2v) is 16.0. The van der Waals surface area contributed by atoms with Crippen LogP contribution in [0, 0.1) is 0 Å². The largest absolute Gasteiger partial charge is 0.333 e. The molecule has 3 atom stereocenters. The molecular weight excluding hydrogens is 705 g/mol. The van der Waals surface area contributed by atoms with E-state index in [1.54, 1.807) is 0 Å². The maximum Gasteiger partial charge on any atom is 0.0629 e. The zero-order valence-electron chi connectivity index (χ0n) is 31.8. The highest BCUT2D eigenvalue weighted by atomic mass is 15.2. The van der Waals surface area contributed by atoms with Crippen LogP contribution in [0.5, 0.6) is 0 Å². The molecule has 10 aromatic rings. The Labute approximate surface area is 335 Å². The van der Waals surface area contributed by atoms with Crippen LogP contribution < -0.4 is 4.90 Å². The summed E-state index contributed by atoms with van der Waals surface area (Å²) in [5.74, 6) is 0.253. The SMILES string of the molecule is C1=CCC(n2c3ccccc3c3cc(N4c5c(ccc6c5c5ccccc5n6-c5ccc6c(c5)c5ccccc5n6-c5ccccc5)C5C=CC=CC54)ccc32)C=C1. The van der Waals surface area contributed by atoms with Crippen LogP contribution in [0.2, 0.25) is 0 Å². The molecule has 7 aromatic carbocycles. The molecule has 1 aliphatic heterocycles. The van der Waals surface area contributed by atoms with E-state index in [2.05, 4.69) is 219 Å². The van der Waals surface area contributed by atoms with Gasteiger partial charge in [0.15, 0.2) is 0 Å². The molecule has 0 saturated heterocycles. The summed E-state index contributed by atoms with van der Waals surface area (Å²) in [5.41, 5.74) is 13.7. The van der Waals surface area contributed by atoms with E-state index in [1.807, 2.05) is 0 Å². The Kier molecular flexibility index (Phi) is 6.65. The maximum atomic E-state index is 2.64. The van der Waals surface area contributed by atoms with Gasteiger partial charge in [-0.25, -0.2) is 0 Å². The molecule has 3 aromatic heterocycles. The van der Waals surface area contributed by atoms with E-state index in [9.17, 15) is 0 Å². The molecule has 4 nitrogen and oxygen atoms in total. The Bertz CT molecular complexity index is 3460. The molecule has 3 aliphatic rings. The van der Waals surface area contributed by atoms with Gasteiger partial charge in [-0.1, -0.05) is 127 Å². The predicted octanol–water partition coefficient (Wildman–Crippen LogP) is 13.8. The Balaban J connectivity index is 1.05. The van der Waals surface area contributed by atoms with E-state index in [0.29, 0.717) is 6.04 Å². The standard InChI is InChI=1S/C54H38N4/c1-3-15-35(16-4-1)55-46-23-11-8-20-40(46)44-33-37(27-30-50(44)55)57-49-26-14-10-22-43(49)53-52(57)32-29-42-39-19-7-13-25-48(39)58(54(42)53)38-28-31-51-45(34-38)41-21-9-12-24-47(41)56(51)36-17-5-2-6-18-36/h1-17,19-34,36,39,48H,18H2. The van der Waals surface area contributed by atoms with Crippen molar-refractivity contribution in [1.82, 2.24) is 13.7 Å². The van der Waals surface area contributed by atoms with Gasteiger partial charge in [-0.2, -0.15) is 0 Å². The highest BCUT2D eigenvalue weighted by molar-refractivity contribution is 6.18. The third-order valence-electron chi connectivity index (χ3n) is 13.0. The number of hydrogen-bond donors (Lipinski definition) is 0. The van der Waals surface area contributed by atoms with E-state index in [-0.39, 0.29) is 12.0 Å². The smallest absolute Gasteiger partial charge is 0.0629 e. The summed E-state index contributed by atoms with van der Waals surface area (Å²) in [6, 6.07) is 56.9. The van der Waals surface area contributed by atoms with Gasteiger partial charge in [0.2, 0.25) is 0 Å². The van der Waals surface area contributed by atoms with E-state index in [1.165, 1.54) is 88.0 Å². The Morgan fingerprint density at radius 3 is 1.83 bits per heavy atom. The molecule has 0 amide bonds. The summed E-state index contributed by atoms with van der Waals surface area (Å²) >= 11 is 0. The first-order chi connectivity index (χ1) is 28.8. The average molecular weight is 743 g/mol. The lowest BCUT2D eigenvalue weighted by Crippen LogP contribution is -2.28. The lowest BCUT2D eigenvalue weighted by molar-refractivity contribution is 0.648. The topological polar surface area (TPSA) is 18.0 Å². The van der Waals surface area contributed by atoms with Crippen LogP contribution in [-0.4, -0.2) is 19.7 Å². The first-order valence-corrected chi connectivity index (χ1v) is 20.5.